The first kappa shape index (κ1) is 10.0. The molecule has 1 aliphatic carbocycles. The molecule has 0 radical (unpaired) electrons. The van der Waals surface area contributed by atoms with Gasteiger partial charge < -0.3 is 5.32 Å². The van der Waals surface area contributed by atoms with Crippen molar-refractivity contribution >= 4 is 0 Å². The average Bonchev–Trinajstić information content (AvgIpc) is 2.05. The molecule has 0 amide bonds. The number of rotatable bonds is 4. The Kier molecular flexibility index (Phi) is 4.67. The first-order valence-corrected chi connectivity index (χ1v) is 5.52. The maximum Gasteiger partial charge on any atom is 0.00670 e. The van der Waals surface area contributed by atoms with Gasteiger partial charge in [-0.15, -0.1) is 0 Å². The van der Waals surface area contributed by atoms with Crippen LogP contribution in [0.5, 0.6) is 0 Å². The Morgan fingerprint density at radius 3 is 2.42 bits per heavy atom. The summed E-state index contributed by atoms with van der Waals surface area (Å²) in [6.07, 6.45) is 8.51. The van der Waals surface area contributed by atoms with Crippen LogP contribution in [0.2, 0.25) is 0 Å². The van der Waals surface area contributed by atoms with E-state index in [0.29, 0.717) is 0 Å². The molecule has 1 heteroatoms. The lowest BCUT2D eigenvalue weighted by Gasteiger charge is -2.23. The van der Waals surface area contributed by atoms with Crippen molar-refractivity contribution in [1.82, 2.24) is 5.32 Å². The smallest absolute Gasteiger partial charge is 0.00670 e. The molecule has 1 aliphatic rings. The molecular weight excluding hydrogens is 146 g/mol. The van der Waals surface area contributed by atoms with Gasteiger partial charge in [0.2, 0.25) is 0 Å². The van der Waals surface area contributed by atoms with Gasteiger partial charge in [0.25, 0.3) is 0 Å². The molecule has 0 spiro atoms. The predicted octanol–water partition coefficient (Wildman–Crippen LogP) is 2.95. The Hall–Kier alpha value is -0.0400. The highest BCUT2D eigenvalue weighted by Gasteiger charge is 2.11. The van der Waals surface area contributed by atoms with Gasteiger partial charge in [-0.2, -0.15) is 0 Å². The molecule has 1 N–H and O–H groups in total. The summed E-state index contributed by atoms with van der Waals surface area (Å²) in [5.74, 6) is 0.848. The Balaban J connectivity index is 1.98. The summed E-state index contributed by atoms with van der Waals surface area (Å²) in [7, 11) is 0. The second kappa shape index (κ2) is 5.58. The van der Waals surface area contributed by atoms with Crippen LogP contribution in [0.3, 0.4) is 0 Å². The minimum absolute atomic E-state index is 0.845. The van der Waals surface area contributed by atoms with Crippen LogP contribution in [0.1, 0.15) is 52.4 Å². The molecule has 0 aromatic carbocycles. The molecule has 0 unspecified atom stereocenters. The SMILES string of the molecule is CC(C)CCNC1CCCCC1. The molecule has 0 aromatic rings. The van der Waals surface area contributed by atoms with E-state index in [1.54, 1.807) is 0 Å². The van der Waals surface area contributed by atoms with Crippen molar-refractivity contribution in [3.63, 3.8) is 0 Å². The van der Waals surface area contributed by atoms with Gasteiger partial charge in [-0.1, -0.05) is 33.1 Å². The van der Waals surface area contributed by atoms with E-state index in [2.05, 4.69) is 19.2 Å². The summed E-state index contributed by atoms with van der Waals surface area (Å²) in [4.78, 5) is 0. The molecule has 1 nitrogen and oxygen atoms in total. The van der Waals surface area contributed by atoms with Crippen LogP contribution in [-0.4, -0.2) is 12.6 Å². The van der Waals surface area contributed by atoms with E-state index in [-0.39, 0.29) is 0 Å². The fourth-order valence-electron chi connectivity index (χ4n) is 1.88. The van der Waals surface area contributed by atoms with Gasteiger partial charge in [0.05, 0.1) is 0 Å². The quantitative estimate of drug-likeness (QED) is 0.682. The van der Waals surface area contributed by atoms with E-state index in [9.17, 15) is 0 Å². The van der Waals surface area contributed by atoms with Crippen molar-refractivity contribution in [3.05, 3.63) is 0 Å². The maximum absolute atomic E-state index is 3.65. The third-order valence-corrected chi connectivity index (χ3v) is 2.76. The average molecular weight is 169 g/mol. The number of hydrogen-bond acceptors (Lipinski definition) is 1. The van der Waals surface area contributed by atoms with Gasteiger partial charge in [-0.05, 0) is 31.7 Å². The third-order valence-electron chi connectivity index (χ3n) is 2.76. The van der Waals surface area contributed by atoms with Crippen molar-refractivity contribution in [2.24, 2.45) is 5.92 Å². The van der Waals surface area contributed by atoms with Crippen molar-refractivity contribution < 1.29 is 0 Å². The Bertz CT molecular complexity index is 104. The summed E-state index contributed by atoms with van der Waals surface area (Å²) in [6, 6.07) is 0.845. The minimum Gasteiger partial charge on any atom is -0.314 e. The molecule has 0 saturated heterocycles. The molecule has 0 atom stereocenters. The van der Waals surface area contributed by atoms with Gasteiger partial charge in [-0.25, -0.2) is 0 Å². The van der Waals surface area contributed by atoms with Crippen LogP contribution in [0.25, 0.3) is 0 Å². The van der Waals surface area contributed by atoms with Gasteiger partial charge in [0, 0.05) is 6.04 Å². The molecule has 0 aliphatic heterocycles. The van der Waals surface area contributed by atoms with Crippen LogP contribution in [0.15, 0.2) is 0 Å². The third kappa shape index (κ3) is 4.10. The monoisotopic (exact) mass is 169 g/mol. The second-order valence-corrected chi connectivity index (χ2v) is 4.47. The molecule has 0 heterocycles. The van der Waals surface area contributed by atoms with E-state index >= 15 is 0 Å². The standard InChI is InChI=1S/C11H23N/c1-10(2)8-9-12-11-6-4-3-5-7-11/h10-12H,3-9H2,1-2H3. The summed E-state index contributed by atoms with van der Waals surface area (Å²) in [5.41, 5.74) is 0. The molecule has 1 rings (SSSR count). The molecule has 72 valence electrons. The van der Waals surface area contributed by atoms with Crippen LogP contribution in [0, 0.1) is 5.92 Å². The zero-order valence-corrected chi connectivity index (χ0v) is 8.60. The fourth-order valence-corrected chi connectivity index (χ4v) is 1.88. The highest BCUT2D eigenvalue weighted by Crippen LogP contribution is 2.17. The van der Waals surface area contributed by atoms with Crippen LogP contribution in [-0.2, 0) is 0 Å². The van der Waals surface area contributed by atoms with E-state index in [1.807, 2.05) is 0 Å². The Morgan fingerprint density at radius 1 is 1.17 bits per heavy atom. The lowest BCUT2D eigenvalue weighted by molar-refractivity contribution is 0.364. The topological polar surface area (TPSA) is 12.0 Å². The van der Waals surface area contributed by atoms with Crippen molar-refractivity contribution in [2.45, 2.75) is 58.4 Å². The first-order chi connectivity index (χ1) is 5.79. The molecular formula is C11H23N. The zero-order chi connectivity index (χ0) is 8.81. The molecule has 12 heavy (non-hydrogen) atoms. The summed E-state index contributed by atoms with van der Waals surface area (Å²) in [6.45, 7) is 5.81. The summed E-state index contributed by atoms with van der Waals surface area (Å²) in [5, 5.41) is 3.65. The van der Waals surface area contributed by atoms with E-state index in [0.717, 1.165) is 12.0 Å². The van der Waals surface area contributed by atoms with Gasteiger partial charge >= 0.3 is 0 Å². The normalized spacial score (nSPS) is 20.2. The van der Waals surface area contributed by atoms with Crippen molar-refractivity contribution in [3.8, 4) is 0 Å². The van der Waals surface area contributed by atoms with Crippen LogP contribution >= 0.6 is 0 Å². The Labute approximate surface area is 76.9 Å². The lowest BCUT2D eigenvalue weighted by Crippen LogP contribution is -2.32. The van der Waals surface area contributed by atoms with E-state index in [1.165, 1.54) is 45.1 Å². The van der Waals surface area contributed by atoms with Crippen LogP contribution in [0.4, 0.5) is 0 Å². The molecule has 0 aromatic heterocycles. The van der Waals surface area contributed by atoms with E-state index < -0.39 is 0 Å². The number of nitrogens with one attached hydrogen (secondary N) is 1. The van der Waals surface area contributed by atoms with E-state index in [4.69, 9.17) is 0 Å². The summed E-state index contributed by atoms with van der Waals surface area (Å²) >= 11 is 0. The Morgan fingerprint density at radius 2 is 1.83 bits per heavy atom. The molecule has 1 saturated carbocycles. The van der Waals surface area contributed by atoms with Gasteiger partial charge in [0.15, 0.2) is 0 Å². The van der Waals surface area contributed by atoms with Crippen molar-refractivity contribution in [1.29, 1.82) is 0 Å². The largest absolute Gasteiger partial charge is 0.314 e. The van der Waals surface area contributed by atoms with Crippen LogP contribution < -0.4 is 5.32 Å². The van der Waals surface area contributed by atoms with Crippen molar-refractivity contribution in [2.75, 3.05) is 6.54 Å². The predicted molar refractivity (Wildman–Crippen MR) is 54.3 cm³/mol. The first-order valence-electron chi connectivity index (χ1n) is 5.52. The molecule has 0 bridgehead atoms. The highest BCUT2D eigenvalue weighted by atomic mass is 14.9. The fraction of sp³-hybridized carbons (Fsp3) is 1.00. The van der Waals surface area contributed by atoms with Gasteiger partial charge in [0.1, 0.15) is 0 Å². The minimum atomic E-state index is 0.845. The van der Waals surface area contributed by atoms with Gasteiger partial charge in [-0.3, -0.25) is 0 Å². The molecule has 1 fully saturated rings. The number of hydrogen-bond donors (Lipinski definition) is 1. The lowest BCUT2D eigenvalue weighted by atomic mass is 9.95. The maximum atomic E-state index is 3.65. The zero-order valence-electron chi connectivity index (χ0n) is 8.60. The highest BCUT2D eigenvalue weighted by molar-refractivity contribution is 4.71. The summed E-state index contributed by atoms with van der Waals surface area (Å²) < 4.78 is 0. The second-order valence-electron chi connectivity index (χ2n) is 4.47.